The van der Waals surface area contributed by atoms with Gasteiger partial charge >= 0.3 is 5.97 Å². The van der Waals surface area contributed by atoms with E-state index in [4.69, 9.17) is 0 Å². The third-order valence-corrected chi connectivity index (χ3v) is 4.27. The average Bonchev–Trinajstić information content (AvgIpc) is 2.48. The minimum absolute atomic E-state index is 0.125. The summed E-state index contributed by atoms with van der Waals surface area (Å²) in [6, 6.07) is 3.50. The highest BCUT2D eigenvalue weighted by Crippen LogP contribution is 2.23. The molecule has 0 spiro atoms. The van der Waals surface area contributed by atoms with Crippen LogP contribution in [0, 0.1) is 12.7 Å². The van der Waals surface area contributed by atoms with Gasteiger partial charge in [-0.2, -0.15) is 0 Å². The molecule has 22 heavy (non-hydrogen) atoms. The van der Waals surface area contributed by atoms with E-state index in [0.717, 1.165) is 0 Å². The Morgan fingerprint density at radius 1 is 1.36 bits per heavy atom. The Balaban J connectivity index is 2.23. The van der Waals surface area contributed by atoms with Crippen molar-refractivity contribution < 1.29 is 19.1 Å². The smallest absolute Gasteiger partial charge is 0.326 e. The van der Waals surface area contributed by atoms with Gasteiger partial charge in [0.05, 0.1) is 0 Å². The molecule has 0 aromatic heterocycles. The number of aliphatic carboxylic acids is 1. The van der Waals surface area contributed by atoms with Crippen LogP contribution in [0.5, 0.6) is 0 Å². The summed E-state index contributed by atoms with van der Waals surface area (Å²) >= 11 is 0. The number of rotatable bonds is 3. The Kier molecular flexibility index (Phi) is 4.81. The maximum absolute atomic E-state index is 13.6. The predicted octanol–water partition coefficient (Wildman–Crippen LogP) is 1.75. The number of piperidine rings is 1. The maximum Gasteiger partial charge on any atom is 0.326 e. The quantitative estimate of drug-likeness (QED) is 0.924. The van der Waals surface area contributed by atoms with Crippen molar-refractivity contribution in [2.24, 2.45) is 0 Å². The van der Waals surface area contributed by atoms with Gasteiger partial charge in [-0.25, -0.2) is 9.18 Å². The molecule has 1 saturated heterocycles. The molecule has 2 unspecified atom stereocenters. The van der Waals surface area contributed by atoms with Gasteiger partial charge in [-0.05, 0) is 51.6 Å². The maximum atomic E-state index is 13.6. The molecule has 0 bridgehead atoms. The second-order valence-corrected chi connectivity index (χ2v) is 5.96. The third kappa shape index (κ3) is 3.27. The van der Waals surface area contributed by atoms with Gasteiger partial charge in [-0.15, -0.1) is 0 Å². The standard InChI is InChI=1S/C16H21FN2O3/c1-10-4-5-11(8-13(10)17)15(20)19-7-6-12(18(2)3)9-14(19)16(21)22/h4-5,8,12,14H,6-7,9H2,1-3H3,(H,21,22). The van der Waals surface area contributed by atoms with Gasteiger partial charge in [0.1, 0.15) is 11.9 Å². The lowest BCUT2D eigenvalue weighted by Gasteiger charge is -2.39. The lowest BCUT2D eigenvalue weighted by Crippen LogP contribution is -2.53. The van der Waals surface area contributed by atoms with Gasteiger partial charge < -0.3 is 14.9 Å². The van der Waals surface area contributed by atoms with Crippen molar-refractivity contribution in [1.82, 2.24) is 9.80 Å². The second-order valence-electron chi connectivity index (χ2n) is 5.96. The largest absolute Gasteiger partial charge is 0.480 e. The Labute approximate surface area is 129 Å². The summed E-state index contributed by atoms with van der Waals surface area (Å²) in [7, 11) is 3.80. The van der Waals surface area contributed by atoms with Crippen LogP contribution in [0.1, 0.15) is 28.8 Å². The van der Waals surface area contributed by atoms with Crippen molar-refractivity contribution in [3.63, 3.8) is 0 Å². The number of hydrogen-bond acceptors (Lipinski definition) is 3. The minimum atomic E-state index is -1.02. The van der Waals surface area contributed by atoms with Crippen molar-refractivity contribution in [2.45, 2.75) is 31.8 Å². The summed E-state index contributed by atoms with van der Waals surface area (Å²) in [6.07, 6.45) is 1.08. The normalized spacial score (nSPS) is 22.0. The van der Waals surface area contributed by atoms with E-state index < -0.39 is 23.7 Å². The molecule has 1 aromatic carbocycles. The number of hydrogen-bond donors (Lipinski definition) is 1. The van der Waals surface area contributed by atoms with Crippen molar-refractivity contribution >= 4 is 11.9 Å². The van der Waals surface area contributed by atoms with Crippen LogP contribution in [-0.4, -0.2) is 59.5 Å². The molecule has 2 rings (SSSR count). The highest BCUT2D eigenvalue weighted by atomic mass is 19.1. The first-order valence-electron chi connectivity index (χ1n) is 7.27. The van der Waals surface area contributed by atoms with E-state index in [2.05, 4.69) is 0 Å². The topological polar surface area (TPSA) is 60.9 Å². The number of carboxylic acid groups (broad SMARTS) is 1. The number of nitrogens with zero attached hydrogens (tertiary/aromatic N) is 2. The number of benzene rings is 1. The van der Waals surface area contributed by atoms with Crippen LogP contribution in [0.4, 0.5) is 4.39 Å². The fourth-order valence-corrected chi connectivity index (χ4v) is 2.78. The monoisotopic (exact) mass is 308 g/mol. The Morgan fingerprint density at radius 2 is 2.05 bits per heavy atom. The summed E-state index contributed by atoms with van der Waals surface area (Å²) < 4.78 is 13.6. The van der Waals surface area contributed by atoms with E-state index in [9.17, 15) is 19.1 Å². The first kappa shape index (κ1) is 16.4. The number of amides is 1. The summed E-state index contributed by atoms with van der Waals surface area (Å²) in [4.78, 5) is 27.4. The summed E-state index contributed by atoms with van der Waals surface area (Å²) in [6.45, 7) is 1.97. The van der Waals surface area contributed by atoms with Gasteiger partial charge in [0, 0.05) is 18.2 Å². The van der Waals surface area contributed by atoms with Crippen LogP contribution >= 0.6 is 0 Å². The minimum Gasteiger partial charge on any atom is -0.480 e. The molecule has 1 amide bonds. The molecule has 120 valence electrons. The van der Waals surface area contributed by atoms with Gasteiger partial charge in [0.25, 0.3) is 5.91 Å². The van der Waals surface area contributed by atoms with E-state index >= 15 is 0 Å². The fourth-order valence-electron chi connectivity index (χ4n) is 2.78. The lowest BCUT2D eigenvalue weighted by molar-refractivity contribution is -0.144. The third-order valence-electron chi connectivity index (χ3n) is 4.27. The molecule has 1 N–H and O–H groups in total. The predicted molar refractivity (Wildman–Crippen MR) is 80.3 cm³/mol. The molecule has 2 atom stereocenters. The van der Waals surface area contributed by atoms with Crippen molar-refractivity contribution in [2.75, 3.05) is 20.6 Å². The molecule has 1 fully saturated rings. The molecule has 1 aromatic rings. The van der Waals surface area contributed by atoms with Gasteiger partial charge in [0.15, 0.2) is 0 Å². The van der Waals surface area contributed by atoms with Crippen LogP contribution in [0.15, 0.2) is 18.2 Å². The zero-order valence-corrected chi connectivity index (χ0v) is 13.0. The van der Waals surface area contributed by atoms with Crippen LogP contribution in [0.25, 0.3) is 0 Å². The number of aryl methyl sites for hydroxylation is 1. The van der Waals surface area contributed by atoms with E-state index in [-0.39, 0.29) is 11.6 Å². The SMILES string of the molecule is Cc1ccc(C(=O)N2CCC(N(C)C)CC2C(=O)O)cc1F. The van der Waals surface area contributed by atoms with E-state index in [1.807, 2.05) is 19.0 Å². The summed E-state index contributed by atoms with van der Waals surface area (Å²) in [5.74, 6) is -1.91. The molecular formula is C16H21FN2O3. The average molecular weight is 308 g/mol. The molecule has 1 aliphatic heterocycles. The molecule has 1 aliphatic rings. The Hall–Kier alpha value is -1.95. The Morgan fingerprint density at radius 3 is 2.59 bits per heavy atom. The zero-order chi connectivity index (χ0) is 16.4. The van der Waals surface area contributed by atoms with Gasteiger partial charge in [-0.3, -0.25) is 4.79 Å². The number of carbonyl (C=O) groups is 2. The zero-order valence-electron chi connectivity index (χ0n) is 13.0. The fraction of sp³-hybridized carbons (Fsp3) is 0.500. The van der Waals surface area contributed by atoms with Gasteiger partial charge in [-0.1, -0.05) is 6.07 Å². The first-order valence-corrected chi connectivity index (χ1v) is 7.27. The number of carboxylic acids is 1. The van der Waals surface area contributed by atoms with Crippen molar-refractivity contribution in [3.8, 4) is 0 Å². The lowest BCUT2D eigenvalue weighted by atomic mass is 9.95. The number of halogens is 1. The summed E-state index contributed by atoms with van der Waals surface area (Å²) in [5.41, 5.74) is 0.648. The van der Waals surface area contributed by atoms with Crippen LogP contribution in [0.2, 0.25) is 0 Å². The molecule has 0 radical (unpaired) electrons. The van der Waals surface area contributed by atoms with Gasteiger partial charge in [0.2, 0.25) is 0 Å². The summed E-state index contributed by atoms with van der Waals surface area (Å²) in [5, 5.41) is 9.42. The molecular weight excluding hydrogens is 287 g/mol. The Bertz CT molecular complexity index is 589. The second kappa shape index (κ2) is 6.44. The first-order chi connectivity index (χ1) is 10.3. The molecule has 5 nitrogen and oxygen atoms in total. The molecule has 0 aliphatic carbocycles. The van der Waals surface area contributed by atoms with E-state index in [1.54, 1.807) is 6.92 Å². The number of likely N-dealkylation sites (tertiary alicyclic amines) is 1. The molecule has 6 heteroatoms. The van der Waals surface area contributed by atoms with E-state index in [1.165, 1.54) is 23.1 Å². The van der Waals surface area contributed by atoms with Crippen molar-refractivity contribution in [1.29, 1.82) is 0 Å². The highest BCUT2D eigenvalue weighted by molar-refractivity contribution is 5.96. The van der Waals surface area contributed by atoms with Crippen LogP contribution < -0.4 is 0 Å². The molecule has 0 saturated carbocycles. The van der Waals surface area contributed by atoms with Crippen molar-refractivity contribution in [3.05, 3.63) is 35.1 Å². The number of carbonyl (C=O) groups excluding carboxylic acids is 1. The molecule has 1 heterocycles. The van der Waals surface area contributed by atoms with Crippen LogP contribution in [0.3, 0.4) is 0 Å². The highest BCUT2D eigenvalue weighted by Gasteiger charge is 2.37. The van der Waals surface area contributed by atoms with E-state index in [0.29, 0.717) is 24.9 Å². The van der Waals surface area contributed by atoms with Crippen LogP contribution in [-0.2, 0) is 4.79 Å².